The maximum atomic E-state index is 14.2. The first kappa shape index (κ1) is 88.7. The Hall–Kier alpha value is -12.7. The van der Waals surface area contributed by atoms with Gasteiger partial charge in [0, 0.05) is 49.4 Å². The molecule has 4 rings (SSSR count). The number of carbonyl (C=O) groups excluding carboxylic acids is 11. The molecule has 0 radical (unpaired) electrons. The standard InChI is InChI=1S/C68H88N14O27/c1-33(2)24-45(76-65(99)47(30-52(69)84)79-67(101)58(34(3)4)80-61(95)43(20-22-55(88)89)74-66(100)49(32-83)72-53(85)26-37-27-57(92)109-51-29-39(108-6)16-17-40(37)51)63(97)78-48(31-56(90)91)62(96)71-35(5)59(93)73-42(19-21-54(86)87)60(94)77-46(25-36-12-8-7-9-13-36)64(98)75-44(68(102)103)14-10-11-23-70-41-18-15-38(81(104)105)28-50(41)82(106)107/h7-9,12-13,15-18,27-29,33-35,42-49,58,70,83H,10-11,14,19-26,30-32H2,1-6H3,(H2,69,84)(H,71,96)(H,72,85)(H,73,93)(H,74,100)(H,75,98)(H,76,99)(H,77,94)(H,78,97)(H,79,101)(H,80,95)(H,86,87)(H,88,89)(H,90,91)(H,102,103)/t35-,42-,43-,44-,45-,46-,47-,48-,49-,58-/m0/s1. The smallest absolute Gasteiger partial charge is 0.336 e. The van der Waals surface area contributed by atoms with Crippen molar-refractivity contribution in [1.82, 2.24) is 53.2 Å². The van der Waals surface area contributed by atoms with Gasteiger partial charge in [0.2, 0.25) is 65.0 Å². The van der Waals surface area contributed by atoms with E-state index in [1.807, 2.05) is 0 Å². The Bertz CT molecular complexity index is 4080. The van der Waals surface area contributed by atoms with Gasteiger partial charge < -0.3 is 98.9 Å². The number of aliphatic hydroxyl groups excluding tert-OH is 1. The predicted octanol–water partition coefficient (Wildman–Crippen LogP) is -1.59. The van der Waals surface area contributed by atoms with Gasteiger partial charge >= 0.3 is 29.5 Å². The third kappa shape index (κ3) is 29.6. The van der Waals surface area contributed by atoms with Crippen LogP contribution >= 0.6 is 0 Å². The van der Waals surface area contributed by atoms with E-state index >= 15 is 0 Å². The number of carboxylic acids is 4. The van der Waals surface area contributed by atoms with E-state index in [1.165, 1.54) is 39.2 Å². The third-order valence-corrected chi connectivity index (χ3v) is 16.3. The van der Waals surface area contributed by atoms with E-state index < -0.39 is 240 Å². The summed E-state index contributed by atoms with van der Waals surface area (Å²) in [4.78, 5) is 233. The monoisotopic (exact) mass is 1530 g/mol. The molecule has 41 heteroatoms. The fraction of sp³-hybridized carbons (Fsp3) is 0.471. The van der Waals surface area contributed by atoms with Crippen LogP contribution in [0.25, 0.3) is 11.0 Å². The van der Waals surface area contributed by atoms with Crippen LogP contribution < -0.4 is 74.6 Å². The number of benzene rings is 3. The van der Waals surface area contributed by atoms with Crippen LogP contribution in [0, 0.1) is 32.1 Å². The van der Waals surface area contributed by atoms with Crippen LogP contribution in [-0.4, -0.2) is 205 Å². The van der Waals surface area contributed by atoms with Crippen LogP contribution in [0.3, 0.4) is 0 Å². The minimum atomic E-state index is -2.07. The summed E-state index contributed by atoms with van der Waals surface area (Å²) in [7, 11) is 1.37. The molecule has 0 aliphatic heterocycles. The Morgan fingerprint density at radius 1 is 0.541 bits per heavy atom. The predicted molar refractivity (Wildman–Crippen MR) is 379 cm³/mol. The maximum Gasteiger partial charge on any atom is 0.336 e. The fourth-order valence-corrected chi connectivity index (χ4v) is 10.7. The van der Waals surface area contributed by atoms with Crippen LogP contribution in [0.2, 0.25) is 0 Å². The Morgan fingerprint density at radius 3 is 1.63 bits per heavy atom. The number of unbranched alkanes of at least 4 members (excludes halogenated alkanes) is 1. The van der Waals surface area contributed by atoms with Gasteiger partial charge in [-0.25, -0.2) is 9.59 Å². The van der Waals surface area contributed by atoms with Crippen molar-refractivity contribution in [2.24, 2.45) is 17.6 Å². The Balaban J connectivity index is 1.47. The molecule has 1 aromatic heterocycles. The van der Waals surface area contributed by atoms with Gasteiger partial charge in [-0.1, -0.05) is 58.0 Å². The highest BCUT2D eigenvalue weighted by atomic mass is 16.6. The molecule has 4 aromatic rings. The zero-order valence-corrected chi connectivity index (χ0v) is 59.9. The zero-order valence-electron chi connectivity index (χ0n) is 59.9. The van der Waals surface area contributed by atoms with Gasteiger partial charge in [0.1, 0.15) is 77.4 Å². The molecule has 0 aliphatic carbocycles. The first-order valence-corrected chi connectivity index (χ1v) is 33.9. The number of nitrogens with two attached hydrogens (primary N) is 1. The minimum Gasteiger partial charge on any atom is -0.497 e. The highest BCUT2D eigenvalue weighted by molar-refractivity contribution is 6.01. The summed E-state index contributed by atoms with van der Waals surface area (Å²) < 4.78 is 10.4. The van der Waals surface area contributed by atoms with Crippen LogP contribution in [0.5, 0.6) is 5.75 Å². The zero-order chi connectivity index (χ0) is 81.5. The lowest BCUT2D eigenvalue weighted by molar-refractivity contribution is -0.393. The number of carbonyl (C=O) groups is 15. The number of fused-ring (bicyclic) bond motifs is 1. The Morgan fingerprint density at radius 2 is 1.07 bits per heavy atom. The molecular formula is C68H88N14O27. The van der Waals surface area contributed by atoms with Gasteiger partial charge in [0.25, 0.3) is 11.4 Å². The Kier molecular flexibility index (Phi) is 35.0. The van der Waals surface area contributed by atoms with Crippen molar-refractivity contribution in [1.29, 1.82) is 0 Å². The number of nitrogens with one attached hydrogen (secondary N) is 11. The Labute approximate surface area is 620 Å². The summed E-state index contributed by atoms with van der Waals surface area (Å²) in [6.07, 6.45) is -6.11. The highest BCUT2D eigenvalue weighted by Gasteiger charge is 2.38. The molecule has 18 N–H and O–H groups in total. The van der Waals surface area contributed by atoms with Gasteiger partial charge in [-0.3, -0.25) is 87.4 Å². The number of non-ortho nitro benzene ring substituents is 1. The number of methoxy groups -OCH3 is 1. The molecule has 11 amide bonds. The lowest BCUT2D eigenvalue weighted by atomic mass is 10.00. The van der Waals surface area contributed by atoms with E-state index in [4.69, 9.17) is 14.9 Å². The number of hydrogen-bond donors (Lipinski definition) is 17. The topological polar surface area (TPSA) is 641 Å². The van der Waals surface area contributed by atoms with Crippen LogP contribution in [0.15, 0.2) is 82.0 Å². The summed E-state index contributed by atoms with van der Waals surface area (Å²) in [5, 5.41) is 98.1. The van der Waals surface area contributed by atoms with Gasteiger partial charge in [-0.05, 0) is 86.6 Å². The van der Waals surface area contributed by atoms with Crippen LogP contribution in [0.1, 0.15) is 110 Å². The molecule has 0 saturated carbocycles. The van der Waals surface area contributed by atoms with Gasteiger partial charge in [0.15, 0.2) is 0 Å². The lowest BCUT2D eigenvalue weighted by Crippen LogP contribution is -2.61. The average molecular weight is 1530 g/mol. The van der Waals surface area contributed by atoms with Crippen molar-refractivity contribution in [2.45, 2.75) is 172 Å². The molecule has 592 valence electrons. The molecule has 10 atom stereocenters. The number of nitrogens with zero attached hydrogens (tertiary/aromatic N) is 2. The second-order valence-electron chi connectivity index (χ2n) is 25.7. The van der Waals surface area contributed by atoms with Crippen molar-refractivity contribution >= 4 is 117 Å². The van der Waals surface area contributed by atoms with Gasteiger partial charge in [0.05, 0.1) is 48.9 Å². The summed E-state index contributed by atoms with van der Waals surface area (Å²) in [5.41, 5.74) is 4.12. The maximum absolute atomic E-state index is 14.2. The van der Waals surface area contributed by atoms with E-state index in [0.29, 0.717) is 16.7 Å². The van der Waals surface area contributed by atoms with E-state index in [-0.39, 0.29) is 55.5 Å². The molecule has 0 unspecified atom stereocenters. The molecule has 0 saturated heterocycles. The number of anilines is 1. The molecule has 3 aromatic carbocycles. The number of aliphatic carboxylic acids is 4. The van der Waals surface area contributed by atoms with Gasteiger partial charge in [-0.15, -0.1) is 0 Å². The number of hydrogen-bond acceptors (Lipinski definition) is 24. The van der Waals surface area contributed by atoms with E-state index in [2.05, 4.69) is 58.5 Å². The first-order valence-electron chi connectivity index (χ1n) is 33.9. The summed E-state index contributed by atoms with van der Waals surface area (Å²) in [5.74, 6) is -20.2. The van der Waals surface area contributed by atoms with Crippen molar-refractivity contribution in [3.05, 3.63) is 115 Å². The summed E-state index contributed by atoms with van der Waals surface area (Å²) in [6, 6.07) is -1.47. The number of nitro groups is 2. The van der Waals surface area contributed by atoms with E-state index in [9.17, 15) is 122 Å². The second-order valence-corrected chi connectivity index (χ2v) is 25.7. The summed E-state index contributed by atoms with van der Waals surface area (Å²) >= 11 is 0. The van der Waals surface area contributed by atoms with Crippen molar-refractivity contribution < 1.29 is 116 Å². The molecular weight excluding hydrogens is 1440 g/mol. The number of aliphatic hydroxyl groups is 1. The van der Waals surface area contributed by atoms with E-state index in [0.717, 1.165) is 31.2 Å². The minimum absolute atomic E-state index is 0.0157. The fourth-order valence-electron chi connectivity index (χ4n) is 10.7. The largest absolute Gasteiger partial charge is 0.497 e. The number of nitro benzene ring substituents is 2. The van der Waals surface area contributed by atoms with E-state index in [1.54, 1.807) is 44.2 Å². The van der Waals surface area contributed by atoms with Crippen molar-refractivity contribution in [2.75, 3.05) is 25.6 Å². The SMILES string of the molecule is COc1ccc2c(CC(=O)N[C@@H](CO)C(=O)N[C@@H](CCC(=O)O)C(=O)N[C@H](C(=O)N[C@@H](CC(N)=O)C(=O)N[C@@H](CC(C)C)C(=O)N[C@@H](CC(=O)O)C(=O)N[C@@H](C)C(=O)N[C@@H](CCC(=O)O)C(=O)N[C@@H](Cc3ccccc3)C(=O)N[C@@H](CCCCNc3ccc([N+](=O)[O-])cc3[N+](=O)[O-])C(=O)O)C(C)C)cc(=O)oc2c1. The molecule has 109 heavy (non-hydrogen) atoms. The van der Waals surface area contributed by atoms with Crippen LogP contribution in [-0.2, 0) is 84.8 Å². The molecule has 0 bridgehead atoms. The molecule has 0 aliphatic rings. The summed E-state index contributed by atoms with van der Waals surface area (Å²) in [6.45, 7) is 5.96. The number of amides is 11. The number of ether oxygens (including phenoxy) is 1. The second kappa shape index (κ2) is 43.0. The molecule has 0 spiro atoms. The molecule has 0 fully saturated rings. The third-order valence-electron chi connectivity index (χ3n) is 16.3. The normalized spacial score (nSPS) is 13.8. The molecule has 41 nitrogen and oxygen atoms in total. The number of primary amides is 1. The highest BCUT2D eigenvalue weighted by Crippen LogP contribution is 2.29. The van der Waals surface area contributed by atoms with Crippen molar-refractivity contribution in [3.8, 4) is 5.75 Å². The number of rotatable bonds is 47. The number of carboxylic acid groups (broad SMARTS) is 4. The average Bonchev–Trinajstić information content (AvgIpc) is 0.804. The first-order chi connectivity index (χ1) is 51.3. The van der Waals surface area contributed by atoms with Gasteiger partial charge in [-0.2, -0.15) is 0 Å². The molecule has 1 heterocycles. The van der Waals surface area contributed by atoms with Crippen LogP contribution in [0.4, 0.5) is 17.1 Å². The lowest BCUT2D eigenvalue weighted by Gasteiger charge is -2.29. The quantitative estimate of drug-likeness (QED) is 0.0103. The van der Waals surface area contributed by atoms with Crippen molar-refractivity contribution in [3.63, 3.8) is 0 Å².